The highest BCUT2D eigenvalue weighted by atomic mass is 16.1. The summed E-state index contributed by atoms with van der Waals surface area (Å²) in [6, 6.07) is 8.55. The van der Waals surface area contributed by atoms with E-state index in [4.69, 9.17) is 0 Å². The summed E-state index contributed by atoms with van der Waals surface area (Å²) >= 11 is 0. The van der Waals surface area contributed by atoms with Gasteiger partial charge in [-0.2, -0.15) is 0 Å². The molecule has 1 fully saturated rings. The van der Waals surface area contributed by atoms with Gasteiger partial charge in [-0.1, -0.05) is 6.92 Å². The fourth-order valence-corrected chi connectivity index (χ4v) is 2.62. The van der Waals surface area contributed by atoms with Crippen molar-refractivity contribution >= 4 is 17.3 Å². The highest BCUT2D eigenvalue weighted by Crippen LogP contribution is 2.21. The first-order chi connectivity index (χ1) is 10.3. The van der Waals surface area contributed by atoms with E-state index in [1.54, 1.807) is 0 Å². The molecule has 21 heavy (non-hydrogen) atoms. The van der Waals surface area contributed by atoms with Crippen LogP contribution in [-0.2, 0) is 4.79 Å². The highest BCUT2D eigenvalue weighted by Gasteiger charge is 2.10. The van der Waals surface area contributed by atoms with Crippen molar-refractivity contribution in [1.82, 2.24) is 5.32 Å². The number of hydrogen-bond acceptors (Lipinski definition) is 3. The van der Waals surface area contributed by atoms with Crippen LogP contribution in [0.25, 0.3) is 0 Å². The average molecular weight is 289 g/mol. The molecule has 1 heterocycles. The minimum atomic E-state index is 0.120. The molecule has 1 aliphatic heterocycles. The van der Waals surface area contributed by atoms with Crippen molar-refractivity contribution in [2.24, 2.45) is 0 Å². The van der Waals surface area contributed by atoms with E-state index in [0.29, 0.717) is 13.0 Å². The molecule has 0 bridgehead atoms. The zero-order valence-corrected chi connectivity index (χ0v) is 13.0. The Morgan fingerprint density at radius 1 is 1.10 bits per heavy atom. The summed E-state index contributed by atoms with van der Waals surface area (Å²) in [5.41, 5.74) is 2.39. The van der Waals surface area contributed by atoms with Gasteiger partial charge in [-0.15, -0.1) is 0 Å². The fourth-order valence-electron chi connectivity index (χ4n) is 2.62. The van der Waals surface area contributed by atoms with Crippen LogP contribution in [0.15, 0.2) is 24.3 Å². The topological polar surface area (TPSA) is 44.4 Å². The van der Waals surface area contributed by atoms with Crippen molar-refractivity contribution < 1.29 is 4.79 Å². The summed E-state index contributed by atoms with van der Waals surface area (Å²) in [5, 5.41) is 6.19. The molecular weight excluding hydrogens is 262 g/mol. The van der Waals surface area contributed by atoms with Gasteiger partial charge in [-0.3, -0.25) is 4.79 Å². The molecule has 0 atom stereocenters. The van der Waals surface area contributed by atoms with Gasteiger partial charge >= 0.3 is 0 Å². The van der Waals surface area contributed by atoms with E-state index in [0.717, 1.165) is 18.7 Å². The third kappa shape index (κ3) is 5.29. The van der Waals surface area contributed by atoms with Crippen molar-refractivity contribution in [2.75, 3.05) is 36.4 Å². The van der Waals surface area contributed by atoms with Crippen molar-refractivity contribution in [3.63, 3.8) is 0 Å². The number of nitrogens with one attached hydrogen (secondary N) is 2. The lowest BCUT2D eigenvalue weighted by molar-refractivity contribution is -0.120. The zero-order chi connectivity index (χ0) is 14.9. The molecule has 0 unspecified atom stereocenters. The number of carbonyl (C=O) groups is 1. The number of nitrogens with zero attached hydrogens (tertiary/aromatic N) is 1. The predicted molar refractivity (Wildman–Crippen MR) is 88.9 cm³/mol. The molecule has 1 aromatic rings. The number of carbonyl (C=O) groups excluding carboxylic acids is 1. The van der Waals surface area contributed by atoms with Crippen LogP contribution in [0.4, 0.5) is 11.4 Å². The number of benzene rings is 1. The molecule has 0 radical (unpaired) electrons. The minimum absolute atomic E-state index is 0.120. The Morgan fingerprint density at radius 3 is 2.48 bits per heavy atom. The van der Waals surface area contributed by atoms with Crippen LogP contribution in [0, 0.1) is 0 Å². The summed E-state index contributed by atoms with van der Waals surface area (Å²) in [4.78, 5) is 13.9. The summed E-state index contributed by atoms with van der Waals surface area (Å²) in [7, 11) is 0. The Kier molecular flexibility index (Phi) is 6.38. The summed E-state index contributed by atoms with van der Waals surface area (Å²) in [6.45, 7) is 5.85. The highest BCUT2D eigenvalue weighted by molar-refractivity contribution is 5.76. The van der Waals surface area contributed by atoms with Crippen molar-refractivity contribution in [3.05, 3.63) is 24.3 Å². The molecular formula is C17H27N3O. The Morgan fingerprint density at radius 2 is 1.81 bits per heavy atom. The Bertz CT molecular complexity index is 424. The van der Waals surface area contributed by atoms with E-state index in [-0.39, 0.29) is 5.91 Å². The quantitative estimate of drug-likeness (QED) is 0.811. The van der Waals surface area contributed by atoms with E-state index in [2.05, 4.69) is 46.7 Å². The molecule has 1 amide bonds. The van der Waals surface area contributed by atoms with Gasteiger partial charge in [0.1, 0.15) is 0 Å². The normalized spacial score (nSPS) is 14.8. The molecule has 0 spiro atoms. The molecule has 0 aliphatic carbocycles. The maximum absolute atomic E-state index is 11.5. The largest absolute Gasteiger partial charge is 0.385 e. The molecule has 116 valence electrons. The number of piperidine rings is 1. The van der Waals surface area contributed by atoms with E-state index < -0.39 is 0 Å². The summed E-state index contributed by atoms with van der Waals surface area (Å²) in [5.74, 6) is 0.120. The van der Waals surface area contributed by atoms with Gasteiger partial charge in [0.05, 0.1) is 0 Å². The first kappa shape index (κ1) is 15.7. The molecule has 2 N–H and O–H groups in total. The number of anilines is 2. The van der Waals surface area contributed by atoms with Crippen LogP contribution in [0.2, 0.25) is 0 Å². The second kappa shape index (κ2) is 8.55. The molecule has 1 aromatic carbocycles. The molecule has 0 aromatic heterocycles. The lowest BCUT2D eigenvalue weighted by Gasteiger charge is -2.28. The van der Waals surface area contributed by atoms with Crippen molar-refractivity contribution in [1.29, 1.82) is 0 Å². The van der Waals surface area contributed by atoms with Crippen LogP contribution in [0.5, 0.6) is 0 Å². The lowest BCUT2D eigenvalue weighted by Crippen LogP contribution is -2.29. The van der Waals surface area contributed by atoms with Crippen molar-refractivity contribution in [2.45, 2.75) is 39.0 Å². The third-order valence-corrected chi connectivity index (χ3v) is 3.84. The van der Waals surface area contributed by atoms with Gasteiger partial charge in [-0.05, 0) is 49.9 Å². The number of amides is 1. The lowest BCUT2D eigenvalue weighted by atomic mass is 10.1. The van der Waals surface area contributed by atoms with Gasteiger partial charge in [0.15, 0.2) is 0 Å². The maximum Gasteiger partial charge on any atom is 0.221 e. The third-order valence-electron chi connectivity index (χ3n) is 3.84. The molecule has 0 saturated carbocycles. The second-order valence-electron chi connectivity index (χ2n) is 5.62. The zero-order valence-electron chi connectivity index (χ0n) is 13.0. The SMILES string of the molecule is CCCNC(=O)CCNc1ccc(N2CCCCC2)cc1. The van der Waals surface area contributed by atoms with Gasteiger partial charge in [-0.25, -0.2) is 0 Å². The van der Waals surface area contributed by atoms with E-state index >= 15 is 0 Å². The monoisotopic (exact) mass is 289 g/mol. The Balaban J connectivity index is 1.73. The van der Waals surface area contributed by atoms with E-state index in [9.17, 15) is 4.79 Å². The van der Waals surface area contributed by atoms with E-state index in [1.165, 1.54) is 38.0 Å². The van der Waals surface area contributed by atoms with Crippen molar-refractivity contribution in [3.8, 4) is 0 Å². The molecule has 1 aliphatic rings. The molecule has 4 heteroatoms. The minimum Gasteiger partial charge on any atom is -0.385 e. The summed E-state index contributed by atoms with van der Waals surface area (Å²) < 4.78 is 0. The average Bonchev–Trinajstić information content (AvgIpc) is 2.54. The van der Waals surface area contributed by atoms with Crippen LogP contribution in [-0.4, -0.2) is 32.1 Å². The van der Waals surface area contributed by atoms with E-state index in [1.807, 2.05) is 0 Å². The van der Waals surface area contributed by atoms with Crippen LogP contribution < -0.4 is 15.5 Å². The standard InChI is InChI=1S/C17H27N3O/c1-2-11-19-17(21)10-12-18-15-6-8-16(9-7-15)20-13-4-3-5-14-20/h6-9,18H,2-5,10-14H2,1H3,(H,19,21). The first-order valence-electron chi connectivity index (χ1n) is 8.15. The predicted octanol–water partition coefficient (Wildman–Crippen LogP) is 3.01. The second-order valence-corrected chi connectivity index (χ2v) is 5.62. The van der Waals surface area contributed by atoms with Gasteiger partial charge in [0.25, 0.3) is 0 Å². The Labute approximate surface area is 127 Å². The van der Waals surface area contributed by atoms with Gasteiger partial charge in [0, 0.05) is 44.0 Å². The molecule has 4 nitrogen and oxygen atoms in total. The number of rotatable bonds is 7. The smallest absolute Gasteiger partial charge is 0.221 e. The van der Waals surface area contributed by atoms with Crippen LogP contribution >= 0.6 is 0 Å². The van der Waals surface area contributed by atoms with Gasteiger partial charge < -0.3 is 15.5 Å². The molecule has 1 saturated heterocycles. The Hall–Kier alpha value is -1.71. The fraction of sp³-hybridized carbons (Fsp3) is 0.588. The van der Waals surface area contributed by atoms with Crippen LogP contribution in [0.3, 0.4) is 0 Å². The molecule has 2 rings (SSSR count). The summed E-state index contributed by atoms with van der Waals surface area (Å²) in [6.07, 6.45) is 5.46. The van der Waals surface area contributed by atoms with Gasteiger partial charge in [0.2, 0.25) is 5.91 Å². The van der Waals surface area contributed by atoms with Crippen LogP contribution in [0.1, 0.15) is 39.0 Å². The maximum atomic E-state index is 11.5. The number of hydrogen-bond donors (Lipinski definition) is 2. The first-order valence-corrected chi connectivity index (χ1v) is 8.15.